The van der Waals surface area contributed by atoms with E-state index in [1.165, 1.54) is 38.5 Å². The molecule has 0 aliphatic carbocycles. The minimum Gasteiger partial charge on any atom is -0.418 e. The first-order valence-electron chi connectivity index (χ1n) is 8.46. The van der Waals surface area contributed by atoms with Crippen LogP contribution in [0.2, 0.25) is 39.3 Å². The van der Waals surface area contributed by atoms with E-state index in [1.54, 1.807) is 0 Å². The minimum atomic E-state index is -1.36. The van der Waals surface area contributed by atoms with Crippen LogP contribution >= 0.6 is 0 Å². The molecule has 0 aromatic rings. The summed E-state index contributed by atoms with van der Waals surface area (Å²) in [5.41, 5.74) is 0. The zero-order valence-corrected chi connectivity index (χ0v) is 17.1. The first kappa shape index (κ1) is 20.4. The van der Waals surface area contributed by atoms with Crippen LogP contribution in [0.15, 0.2) is 0 Å². The topological polar surface area (TPSA) is 18.5 Å². The molecule has 0 rings (SSSR count). The molecule has 0 heterocycles. The summed E-state index contributed by atoms with van der Waals surface area (Å²) < 4.78 is 12.1. The van der Waals surface area contributed by atoms with E-state index in [4.69, 9.17) is 8.85 Å². The van der Waals surface area contributed by atoms with Gasteiger partial charge in [0, 0.05) is 12.7 Å². The zero-order chi connectivity index (χ0) is 15.6. The predicted molar refractivity (Wildman–Crippen MR) is 95.5 cm³/mol. The molecule has 0 saturated heterocycles. The van der Waals surface area contributed by atoms with E-state index in [2.05, 4.69) is 46.2 Å². The smallest absolute Gasteiger partial charge is 0.184 e. The van der Waals surface area contributed by atoms with E-state index in [-0.39, 0.29) is 0 Å². The molecular formula is C16H38O2Si2. The van der Waals surface area contributed by atoms with Gasteiger partial charge in [0.15, 0.2) is 16.6 Å². The number of hydrogen-bond acceptors (Lipinski definition) is 2. The molecule has 20 heavy (non-hydrogen) atoms. The minimum absolute atomic E-state index is 0.497. The average Bonchev–Trinajstić information content (AvgIpc) is 2.28. The summed E-state index contributed by atoms with van der Waals surface area (Å²) >= 11 is 0. The van der Waals surface area contributed by atoms with Gasteiger partial charge in [-0.3, -0.25) is 0 Å². The second-order valence-electron chi connectivity index (χ2n) is 7.78. The van der Waals surface area contributed by atoms with Gasteiger partial charge in [0.05, 0.1) is 0 Å². The van der Waals surface area contributed by atoms with Crippen molar-refractivity contribution in [1.29, 1.82) is 0 Å². The molecule has 0 fully saturated rings. The van der Waals surface area contributed by atoms with Gasteiger partial charge in [-0.25, -0.2) is 0 Å². The van der Waals surface area contributed by atoms with Gasteiger partial charge < -0.3 is 8.85 Å². The predicted octanol–water partition coefficient (Wildman–Crippen LogP) is 5.81. The maximum absolute atomic E-state index is 6.19. The van der Waals surface area contributed by atoms with Crippen LogP contribution in [0.1, 0.15) is 51.9 Å². The van der Waals surface area contributed by atoms with Gasteiger partial charge in [-0.15, -0.1) is 0 Å². The van der Waals surface area contributed by atoms with Gasteiger partial charge in [-0.1, -0.05) is 32.6 Å². The van der Waals surface area contributed by atoms with E-state index < -0.39 is 16.6 Å². The van der Waals surface area contributed by atoms with Crippen molar-refractivity contribution in [3.8, 4) is 0 Å². The zero-order valence-electron chi connectivity index (χ0n) is 15.1. The van der Waals surface area contributed by atoms with Crippen molar-refractivity contribution < 1.29 is 8.85 Å². The third kappa shape index (κ3) is 14.8. The van der Waals surface area contributed by atoms with Gasteiger partial charge >= 0.3 is 0 Å². The lowest BCUT2D eigenvalue weighted by molar-refractivity contribution is 0.175. The molecule has 0 aliphatic heterocycles. The summed E-state index contributed by atoms with van der Waals surface area (Å²) in [6, 6.07) is 0. The van der Waals surface area contributed by atoms with Crippen molar-refractivity contribution in [2.75, 3.05) is 6.61 Å². The molecule has 0 N–H and O–H groups in total. The Morgan fingerprint density at radius 2 is 1.30 bits per heavy atom. The number of rotatable bonds is 12. The molecule has 1 unspecified atom stereocenters. The molecule has 0 aromatic carbocycles. The molecule has 0 spiro atoms. The summed E-state index contributed by atoms with van der Waals surface area (Å²) in [6.07, 6.45) is 9.45. The molecule has 0 aliphatic rings. The first-order valence-corrected chi connectivity index (χ1v) is 15.3. The highest BCUT2D eigenvalue weighted by atomic mass is 28.4. The number of unbranched alkanes of at least 4 members (excludes halogenated alkanes) is 4. The van der Waals surface area contributed by atoms with Crippen molar-refractivity contribution in [2.45, 2.75) is 97.3 Å². The molecule has 4 heteroatoms. The third-order valence-corrected chi connectivity index (χ3v) is 5.29. The molecule has 122 valence electrons. The number of hydrogen-bond donors (Lipinski definition) is 0. The Bertz CT molecular complexity index is 232. The summed E-state index contributed by atoms with van der Waals surface area (Å²) in [4.78, 5) is 0. The second kappa shape index (κ2) is 10.1. The highest BCUT2D eigenvalue weighted by molar-refractivity contribution is 6.70. The van der Waals surface area contributed by atoms with Gasteiger partial charge in [0.1, 0.15) is 0 Å². The van der Waals surface area contributed by atoms with Crippen LogP contribution in [-0.4, -0.2) is 29.3 Å². The maximum atomic E-state index is 6.19. The monoisotopic (exact) mass is 318 g/mol. The molecule has 1 atom stereocenters. The highest BCUT2D eigenvalue weighted by Gasteiger charge is 2.19. The SMILES string of the molecule is CCC(CCCCCCCO[Si](C)(C)C)O[Si](C)(C)C. The van der Waals surface area contributed by atoms with Crippen molar-refractivity contribution in [1.82, 2.24) is 0 Å². The fourth-order valence-electron chi connectivity index (χ4n) is 2.23. The first-order chi connectivity index (χ1) is 9.14. The molecule has 0 aromatic heterocycles. The Morgan fingerprint density at radius 3 is 1.80 bits per heavy atom. The molecule has 0 saturated carbocycles. The van der Waals surface area contributed by atoms with Crippen molar-refractivity contribution >= 4 is 16.6 Å². The molecule has 0 bridgehead atoms. The standard InChI is InChI=1S/C16H38O2Si2/c1-8-16(18-20(5,6)7)14-12-10-9-11-13-15-17-19(2,3)4/h16H,8-15H2,1-7H3. The van der Waals surface area contributed by atoms with Crippen LogP contribution in [0.25, 0.3) is 0 Å². The van der Waals surface area contributed by atoms with Gasteiger partial charge in [0.2, 0.25) is 0 Å². The Labute approximate surface area is 129 Å². The van der Waals surface area contributed by atoms with E-state index in [0.717, 1.165) is 13.0 Å². The molecule has 2 nitrogen and oxygen atoms in total. The van der Waals surface area contributed by atoms with Crippen molar-refractivity contribution in [2.24, 2.45) is 0 Å². The lowest BCUT2D eigenvalue weighted by atomic mass is 10.1. The van der Waals surface area contributed by atoms with E-state index in [0.29, 0.717) is 6.10 Å². The highest BCUT2D eigenvalue weighted by Crippen LogP contribution is 2.16. The maximum Gasteiger partial charge on any atom is 0.184 e. The fraction of sp³-hybridized carbons (Fsp3) is 1.00. The Kier molecular flexibility index (Phi) is 10.3. The van der Waals surface area contributed by atoms with Crippen LogP contribution in [0.4, 0.5) is 0 Å². The lowest BCUT2D eigenvalue weighted by Gasteiger charge is -2.25. The van der Waals surface area contributed by atoms with Crippen LogP contribution in [0.3, 0.4) is 0 Å². The van der Waals surface area contributed by atoms with Gasteiger partial charge in [-0.2, -0.15) is 0 Å². The fourth-order valence-corrected chi connectivity index (χ4v) is 4.27. The summed E-state index contributed by atoms with van der Waals surface area (Å²) in [5.74, 6) is 0. The largest absolute Gasteiger partial charge is 0.418 e. The summed E-state index contributed by atoms with van der Waals surface area (Å²) in [6.45, 7) is 16.9. The molecular weight excluding hydrogens is 280 g/mol. The molecule has 0 amide bonds. The Balaban J connectivity index is 3.47. The van der Waals surface area contributed by atoms with E-state index in [9.17, 15) is 0 Å². The molecule has 0 radical (unpaired) electrons. The van der Waals surface area contributed by atoms with Crippen molar-refractivity contribution in [3.63, 3.8) is 0 Å². The lowest BCUT2D eigenvalue weighted by Crippen LogP contribution is -2.31. The second-order valence-corrected chi connectivity index (χ2v) is 16.8. The Morgan fingerprint density at radius 1 is 0.750 bits per heavy atom. The summed E-state index contributed by atoms with van der Waals surface area (Å²) in [5, 5.41) is 0. The van der Waals surface area contributed by atoms with E-state index in [1.807, 2.05) is 0 Å². The van der Waals surface area contributed by atoms with Crippen molar-refractivity contribution in [3.05, 3.63) is 0 Å². The third-order valence-electron chi connectivity index (χ3n) is 3.18. The van der Waals surface area contributed by atoms with Crippen LogP contribution < -0.4 is 0 Å². The van der Waals surface area contributed by atoms with Crippen LogP contribution in [-0.2, 0) is 8.85 Å². The quantitative estimate of drug-likeness (QED) is 0.334. The summed E-state index contributed by atoms with van der Waals surface area (Å²) in [7, 11) is -2.65. The van der Waals surface area contributed by atoms with Crippen LogP contribution in [0, 0.1) is 0 Å². The van der Waals surface area contributed by atoms with Gasteiger partial charge in [0.25, 0.3) is 0 Å². The van der Waals surface area contributed by atoms with Gasteiger partial charge in [-0.05, 0) is 58.5 Å². The Hall–Kier alpha value is 0.354. The average molecular weight is 319 g/mol. The van der Waals surface area contributed by atoms with Crippen LogP contribution in [0.5, 0.6) is 0 Å². The van der Waals surface area contributed by atoms with E-state index >= 15 is 0 Å². The normalized spacial score (nSPS) is 14.6.